The standard InChI is InChI=1S/C26H32N2O5/c1-4-10-17(15-23(29)28-26(3,5-2)24(30)31)27-25(32)33-16-22-20-13-8-6-11-18(20)19-12-7-9-14-21(19)22/h6-9,11-14,17,22H,4-5,10,15-16H2,1-3H3,(H,27,32)(H,28,29)(H,30,31)/t17-,26?/m1/s1. The van der Waals surface area contributed by atoms with Crippen LogP contribution in [0.1, 0.15) is 63.5 Å². The fourth-order valence-electron chi connectivity index (χ4n) is 4.26. The summed E-state index contributed by atoms with van der Waals surface area (Å²) < 4.78 is 5.58. The molecule has 0 bridgehead atoms. The van der Waals surface area contributed by atoms with Crippen LogP contribution in [-0.4, -0.2) is 41.3 Å². The Labute approximate surface area is 194 Å². The summed E-state index contributed by atoms with van der Waals surface area (Å²) in [5.74, 6) is -1.55. The molecule has 7 nitrogen and oxygen atoms in total. The Morgan fingerprint density at radius 3 is 2.12 bits per heavy atom. The third-order valence-electron chi connectivity index (χ3n) is 6.33. The maximum absolute atomic E-state index is 12.6. The van der Waals surface area contributed by atoms with Crippen LogP contribution in [-0.2, 0) is 14.3 Å². The van der Waals surface area contributed by atoms with Gasteiger partial charge < -0.3 is 20.5 Å². The molecule has 0 radical (unpaired) electrons. The van der Waals surface area contributed by atoms with Crippen LogP contribution in [0, 0.1) is 0 Å². The predicted octanol–water partition coefficient (Wildman–Crippen LogP) is 4.45. The van der Waals surface area contributed by atoms with Crippen molar-refractivity contribution in [3.8, 4) is 11.1 Å². The van der Waals surface area contributed by atoms with E-state index in [0.29, 0.717) is 6.42 Å². The first-order valence-electron chi connectivity index (χ1n) is 11.4. The molecule has 1 aliphatic rings. The third kappa shape index (κ3) is 5.53. The number of fused-ring (bicyclic) bond motifs is 3. The second kappa shape index (κ2) is 10.5. The summed E-state index contributed by atoms with van der Waals surface area (Å²) in [5, 5.41) is 14.7. The highest BCUT2D eigenvalue weighted by Gasteiger charge is 2.33. The van der Waals surface area contributed by atoms with Gasteiger partial charge in [0.25, 0.3) is 0 Å². The first-order valence-corrected chi connectivity index (χ1v) is 11.4. The highest BCUT2D eigenvalue weighted by molar-refractivity contribution is 5.87. The molecule has 2 amide bonds. The van der Waals surface area contributed by atoms with E-state index in [9.17, 15) is 19.5 Å². The number of alkyl carbamates (subject to hydrolysis) is 1. The molecular weight excluding hydrogens is 420 g/mol. The maximum Gasteiger partial charge on any atom is 0.407 e. The quantitative estimate of drug-likeness (QED) is 0.494. The first kappa shape index (κ1) is 24.3. The van der Waals surface area contributed by atoms with Crippen molar-refractivity contribution in [3.63, 3.8) is 0 Å². The van der Waals surface area contributed by atoms with E-state index in [4.69, 9.17) is 4.74 Å². The predicted molar refractivity (Wildman–Crippen MR) is 126 cm³/mol. The molecule has 2 aromatic carbocycles. The monoisotopic (exact) mass is 452 g/mol. The van der Waals surface area contributed by atoms with Crippen LogP contribution in [0.2, 0.25) is 0 Å². The lowest BCUT2D eigenvalue weighted by Gasteiger charge is -2.26. The lowest BCUT2D eigenvalue weighted by atomic mass is 9.98. The van der Waals surface area contributed by atoms with Gasteiger partial charge in [-0.25, -0.2) is 9.59 Å². The number of aliphatic carboxylic acids is 1. The Hall–Kier alpha value is -3.35. The molecule has 2 aromatic rings. The van der Waals surface area contributed by atoms with Crippen LogP contribution in [0.5, 0.6) is 0 Å². The van der Waals surface area contributed by atoms with E-state index >= 15 is 0 Å². The molecule has 3 rings (SSSR count). The molecule has 3 N–H and O–H groups in total. The van der Waals surface area contributed by atoms with Gasteiger partial charge in [0, 0.05) is 18.4 Å². The molecule has 7 heteroatoms. The highest BCUT2D eigenvalue weighted by atomic mass is 16.5. The molecule has 176 valence electrons. The average Bonchev–Trinajstić information content (AvgIpc) is 3.11. The van der Waals surface area contributed by atoms with Crippen molar-refractivity contribution in [2.75, 3.05) is 6.61 Å². The number of hydrogen-bond donors (Lipinski definition) is 3. The molecule has 0 aromatic heterocycles. The number of carbonyl (C=O) groups is 3. The van der Waals surface area contributed by atoms with Gasteiger partial charge in [0.15, 0.2) is 0 Å². The van der Waals surface area contributed by atoms with Crippen molar-refractivity contribution in [1.29, 1.82) is 0 Å². The zero-order valence-electron chi connectivity index (χ0n) is 19.4. The summed E-state index contributed by atoms with van der Waals surface area (Å²) in [6, 6.07) is 15.8. The van der Waals surface area contributed by atoms with Gasteiger partial charge in [0.2, 0.25) is 5.91 Å². The van der Waals surface area contributed by atoms with Gasteiger partial charge in [0.1, 0.15) is 12.1 Å². The number of carbonyl (C=O) groups excluding carboxylic acids is 2. The van der Waals surface area contributed by atoms with E-state index in [1.807, 2.05) is 31.2 Å². The van der Waals surface area contributed by atoms with Crippen LogP contribution in [0.15, 0.2) is 48.5 Å². The molecule has 1 aliphatic carbocycles. The van der Waals surface area contributed by atoms with Crippen LogP contribution in [0.4, 0.5) is 4.79 Å². The normalized spacial score (nSPS) is 15.0. The van der Waals surface area contributed by atoms with E-state index in [0.717, 1.165) is 28.7 Å². The molecule has 33 heavy (non-hydrogen) atoms. The highest BCUT2D eigenvalue weighted by Crippen LogP contribution is 2.44. The van der Waals surface area contributed by atoms with E-state index in [-0.39, 0.29) is 25.4 Å². The van der Waals surface area contributed by atoms with Gasteiger partial charge in [-0.05, 0) is 42.0 Å². The largest absolute Gasteiger partial charge is 0.480 e. The Bertz CT molecular complexity index is 976. The number of carboxylic acids is 1. The maximum atomic E-state index is 12.6. The third-order valence-corrected chi connectivity index (χ3v) is 6.33. The molecule has 0 heterocycles. The SMILES string of the molecule is CCC[C@H](CC(=O)NC(C)(CC)C(=O)O)NC(=O)OCC1c2ccccc2-c2ccccc21. The van der Waals surface area contributed by atoms with Gasteiger partial charge >= 0.3 is 12.1 Å². The summed E-state index contributed by atoms with van der Waals surface area (Å²) >= 11 is 0. The molecule has 0 saturated heterocycles. The second-order valence-electron chi connectivity index (χ2n) is 8.70. The molecule has 0 fully saturated rings. The summed E-state index contributed by atoms with van der Waals surface area (Å²) in [6.45, 7) is 5.32. The minimum absolute atomic E-state index is 0.0130. The van der Waals surface area contributed by atoms with Gasteiger partial charge in [-0.1, -0.05) is 68.8 Å². The molecule has 0 saturated carbocycles. The summed E-state index contributed by atoms with van der Waals surface area (Å²) in [4.78, 5) is 36.5. The lowest BCUT2D eigenvalue weighted by Crippen LogP contribution is -2.53. The van der Waals surface area contributed by atoms with Crippen LogP contribution in [0.25, 0.3) is 11.1 Å². The Kier molecular flexibility index (Phi) is 7.74. The number of ether oxygens (including phenoxy) is 1. The number of hydrogen-bond acceptors (Lipinski definition) is 4. The fourth-order valence-corrected chi connectivity index (χ4v) is 4.26. The van der Waals surface area contributed by atoms with Crippen molar-refractivity contribution in [1.82, 2.24) is 10.6 Å². The van der Waals surface area contributed by atoms with Gasteiger partial charge in [-0.15, -0.1) is 0 Å². The summed E-state index contributed by atoms with van der Waals surface area (Å²) in [6.07, 6.45) is 0.992. The van der Waals surface area contributed by atoms with E-state index in [2.05, 4.69) is 34.9 Å². The Morgan fingerprint density at radius 2 is 1.61 bits per heavy atom. The van der Waals surface area contributed by atoms with Crippen LogP contribution >= 0.6 is 0 Å². The number of rotatable bonds is 10. The number of amides is 2. The van der Waals surface area contributed by atoms with E-state index in [1.165, 1.54) is 6.92 Å². The number of benzene rings is 2. The average molecular weight is 453 g/mol. The van der Waals surface area contributed by atoms with Crippen LogP contribution < -0.4 is 10.6 Å². The van der Waals surface area contributed by atoms with Gasteiger partial charge in [-0.3, -0.25) is 4.79 Å². The lowest BCUT2D eigenvalue weighted by molar-refractivity contribution is -0.147. The van der Waals surface area contributed by atoms with Crippen molar-refractivity contribution < 1.29 is 24.2 Å². The van der Waals surface area contributed by atoms with Gasteiger partial charge in [-0.2, -0.15) is 0 Å². The zero-order chi connectivity index (χ0) is 24.0. The van der Waals surface area contributed by atoms with Crippen LogP contribution in [0.3, 0.4) is 0 Å². The topological polar surface area (TPSA) is 105 Å². The fraction of sp³-hybridized carbons (Fsp3) is 0.423. The summed E-state index contributed by atoms with van der Waals surface area (Å²) in [7, 11) is 0. The van der Waals surface area contributed by atoms with Crippen molar-refractivity contribution in [3.05, 3.63) is 59.7 Å². The minimum atomic E-state index is -1.34. The summed E-state index contributed by atoms with van der Waals surface area (Å²) in [5.41, 5.74) is 3.23. The number of carboxylic acid groups (broad SMARTS) is 1. The van der Waals surface area contributed by atoms with Crippen molar-refractivity contribution in [2.24, 2.45) is 0 Å². The molecule has 2 atom stereocenters. The molecule has 0 aliphatic heterocycles. The van der Waals surface area contributed by atoms with Crippen molar-refractivity contribution in [2.45, 2.75) is 64.0 Å². The molecule has 1 unspecified atom stereocenters. The number of nitrogens with one attached hydrogen (secondary N) is 2. The first-order chi connectivity index (χ1) is 15.8. The molecular formula is C26H32N2O5. The van der Waals surface area contributed by atoms with E-state index < -0.39 is 29.6 Å². The Morgan fingerprint density at radius 1 is 1.03 bits per heavy atom. The minimum Gasteiger partial charge on any atom is -0.480 e. The van der Waals surface area contributed by atoms with Crippen molar-refractivity contribution >= 4 is 18.0 Å². The second-order valence-corrected chi connectivity index (χ2v) is 8.70. The molecule has 0 spiro atoms. The Balaban J connectivity index is 1.61. The smallest absolute Gasteiger partial charge is 0.407 e. The van der Waals surface area contributed by atoms with Gasteiger partial charge in [0.05, 0.1) is 0 Å². The zero-order valence-corrected chi connectivity index (χ0v) is 19.4. The van der Waals surface area contributed by atoms with E-state index in [1.54, 1.807) is 6.92 Å².